The van der Waals surface area contributed by atoms with Crippen LogP contribution in [0.2, 0.25) is 0 Å². The molecule has 0 amide bonds. The number of hydrogen-bond acceptors (Lipinski definition) is 5. The van der Waals surface area contributed by atoms with Crippen LogP contribution in [0.4, 0.5) is 0 Å². The fraction of sp³-hybridized carbons (Fsp3) is 1.00. The van der Waals surface area contributed by atoms with Gasteiger partial charge in [-0.25, -0.2) is 4.57 Å². The third-order valence-electron chi connectivity index (χ3n) is 1.59. The van der Waals surface area contributed by atoms with E-state index in [0.717, 1.165) is 19.4 Å². The molecule has 1 aliphatic heterocycles. The van der Waals surface area contributed by atoms with Crippen LogP contribution in [0.1, 0.15) is 12.8 Å². The van der Waals surface area contributed by atoms with Crippen LogP contribution in [-0.2, 0) is 13.7 Å². The minimum atomic E-state index is -3.86. The zero-order valence-corrected chi connectivity index (χ0v) is 8.26. The highest BCUT2D eigenvalue weighted by molar-refractivity contribution is 7.47. The fourth-order valence-corrected chi connectivity index (χ4v) is 1.62. The van der Waals surface area contributed by atoms with E-state index >= 15 is 0 Å². The Bertz CT molecular complexity index is 173. The van der Waals surface area contributed by atoms with Crippen LogP contribution in [0.3, 0.4) is 0 Å². The molecule has 1 saturated heterocycles. The first-order valence-electron chi connectivity index (χ1n) is 4.30. The van der Waals surface area contributed by atoms with Gasteiger partial charge in [0.15, 0.2) is 0 Å². The van der Waals surface area contributed by atoms with Gasteiger partial charge in [-0.2, -0.15) is 10.1 Å². The molecule has 0 spiro atoms. The number of phosphoric ester groups is 1. The number of nitrogens with one attached hydrogen (secondary N) is 2. The summed E-state index contributed by atoms with van der Waals surface area (Å²) in [5, 5.41) is 3.14. The van der Waals surface area contributed by atoms with Crippen LogP contribution < -0.4 is 10.8 Å². The first-order chi connectivity index (χ1) is 6.21. The van der Waals surface area contributed by atoms with E-state index in [1.807, 2.05) is 0 Å². The van der Waals surface area contributed by atoms with Crippen molar-refractivity contribution < 1.29 is 18.6 Å². The molecule has 1 aliphatic rings. The van der Waals surface area contributed by atoms with Crippen molar-refractivity contribution in [3.8, 4) is 0 Å². The number of rotatable bonds is 0. The fourth-order valence-electron chi connectivity index (χ4n) is 0.950. The van der Waals surface area contributed by atoms with E-state index in [2.05, 4.69) is 19.9 Å². The summed E-state index contributed by atoms with van der Waals surface area (Å²) in [4.78, 5) is 9.02. The zero-order chi connectivity index (χ0) is 9.57. The SMILES string of the molecule is O=P1(O)OCCCCNCCNO1. The summed E-state index contributed by atoms with van der Waals surface area (Å²) in [6, 6.07) is 0. The Hall–Kier alpha value is 0.0300. The average molecular weight is 210 g/mol. The van der Waals surface area contributed by atoms with E-state index in [1.54, 1.807) is 0 Å². The van der Waals surface area contributed by atoms with Gasteiger partial charge in [-0.1, -0.05) is 0 Å². The first kappa shape index (κ1) is 11.1. The molecule has 78 valence electrons. The molecule has 6 nitrogen and oxygen atoms in total. The van der Waals surface area contributed by atoms with Crippen molar-refractivity contribution in [1.82, 2.24) is 10.8 Å². The van der Waals surface area contributed by atoms with Gasteiger partial charge in [-0.3, -0.25) is 4.52 Å². The van der Waals surface area contributed by atoms with Gasteiger partial charge in [0.2, 0.25) is 0 Å². The molecule has 0 aliphatic carbocycles. The van der Waals surface area contributed by atoms with Gasteiger partial charge in [0, 0.05) is 13.1 Å². The molecule has 0 aromatic heterocycles. The standard InChI is InChI=1S/C6H15N2O4P/c9-13(10)11-6-2-1-3-7-4-5-8-12-13/h7-8H,1-6H2,(H,9,10). The van der Waals surface area contributed by atoms with E-state index in [1.165, 1.54) is 0 Å². The van der Waals surface area contributed by atoms with E-state index in [-0.39, 0.29) is 6.61 Å². The average Bonchev–Trinajstić information content (AvgIpc) is 2.10. The topological polar surface area (TPSA) is 79.8 Å². The van der Waals surface area contributed by atoms with Crippen LogP contribution in [0.25, 0.3) is 0 Å². The predicted octanol–water partition coefficient (Wildman–Crippen LogP) is 0.00800. The maximum Gasteiger partial charge on any atom is 0.488 e. The number of hydrogen-bond donors (Lipinski definition) is 3. The third-order valence-corrected chi connectivity index (χ3v) is 2.45. The first-order valence-corrected chi connectivity index (χ1v) is 5.80. The lowest BCUT2D eigenvalue weighted by molar-refractivity contribution is 0.0982. The summed E-state index contributed by atoms with van der Waals surface area (Å²) in [5.74, 6) is 0. The molecule has 0 saturated carbocycles. The van der Waals surface area contributed by atoms with Gasteiger partial charge in [0.25, 0.3) is 0 Å². The lowest BCUT2D eigenvalue weighted by Crippen LogP contribution is -2.27. The molecular weight excluding hydrogens is 195 g/mol. The highest BCUT2D eigenvalue weighted by atomic mass is 31.2. The van der Waals surface area contributed by atoms with Gasteiger partial charge in [-0.05, 0) is 19.4 Å². The number of hydroxylamine groups is 1. The molecule has 0 aromatic carbocycles. The van der Waals surface area contributed by atoms with E-state index in [4.69, 9.17) is 4.89 Å². The van der Waals surface area contributed by atoms with Crippen molar-refractivity contribution >= 4 is 7.82 Å². The van der Waals surface area contributed by atoms with Gasteiger partial charge < -0.3 is 10.2 Å². The monoisotopic (exact) mass is 210 g/mol. The second-order valence-electron chi connectivity index (χ2n) is 2.74. The molecule has 1 atom stereocenters. The normalized spacial score (nSPS) is 33.6. The van der Waals surface area contributed by atoms with Crippen molar-refractivity contribution in [2.45, 2.75) is 12.8 Å². The molecular formula is C6H15N2O4P. The number of phosphoric acid groups is 1. The van der Waals surface area contributed by atoms with Crippen molar-refractivity contribution in [2.75, 3.05) is 26.2 Å². The molecule has 13 heavy (non-hydrogen) atoms. The minimum Gasteiger partial charge on any atom is -0.315 e. The van der Waals surface area contributed by atoms with E-state index < -0.39 is 7.82 Å². The molecule has 0 bridgehead atoms. The molecule has 1 heterocycles. The summed E-state index contributed by atoms with van der Waals surface area (Å²) >= 11 is 0. The molecule has 3 N–H and O–H groups in total. The molecule has 0 radical (unpaired) electrons. The Morgan fingerprint density at radius 2 is 2.08 bits per heavy atom. The Kier molecular flexibility index (Phi) is 4.87. The lowest BCUT2D eigenvalue weighted by Gasteiger charge is -2.10. The largest absolute Gasteiger partial charge is 0.488 e. The Balaban J connectivity index is 2.32. The Morgan fingerprint density at radius 3 is 2.92 bits per heavy atom. The van der Waals surface area contributed by atoms with Gasteiger partial charge in [0.1, 0.15) is 0 Å². The van der Waals surface area contributed by atoms with Gasteiger partial charge in [-0.15, -0.1) is 0 Å². The van der Waals surface area contributed by atoms with Crippen molar-refractivity contribution in [3.63, 3.8) is 0 Å². The van der Waals surface area contributed by atoms with E-state index in [9.17, 15) is 4.57 Å². The van der Waals surface area contributed by atoms with Gasteiger partial charge in [0.05, 0.1) is 6.61 Å². The minimum absolute atomic E-state index is 0.247. The molecule has 1 fully saturated rings. The van der Waals surface area contributed by atoms with E-state index in [0.29, 0.717) is 13.1 Å². The smallest absolute Gasteiger partial charge is 0.315 e. The summed E-state index contributed by atoms with van der Waals surface area (Å²) in [7, 11) is -3.86. The molecule has 1 unspecified atom stereocenters. The summed E-state index contributed by atoms with van der Waals surface area (Å²) < 4.78 is 20.1. The lowest BCUT2D eigenvalue weighted by atomic mass is 10.3. The molecule has 7 heteroatoms. The van der Waals surface area contributed by atoms with Gasteiger partial charge >= 0.3 is 7.82 Å². The second kappa shape index (κ2) is 5.70. The van der Waals surface area contributed by atoms with Crippen molar-refractivity contribution in [3.05, 3.63) is 0 Å². The Morgan fingerprint density at radius 1 is 1.23 bits per heavy atom. The summed E-state index contributed by atoms with van der Waals surface area (Å²) in [6.07, 6.45) is 1.68. The molecule has 1 rings (SSSR count). The maximum absolute atomic E-state index is 11.0. The van der Waals surface area contributed by atoms with Crippen LogP contribution in [-0.4, -0.2) is 31.1 Å². The van der Waals surface area contributed by atoms with Crippen LogP contribution in [0, 0.1) is 0 Å². The molecule has 0 aromatic rings. The Labute approximate surface area is 77.2 Å². The maximum atomic E-state index is 11.0. The predicted molar refractivity (Wildman–Crippen MR) is 47.0 cm³/mol. The third kappa shape index (κ3) is 5.36. The van der Waals surface area contributed by atoms with Crippen molar-refractivity contribution in [2.24, 2.45) is 0 Å². The highest BCUT2D eigenvalue weighted by Gasteiger charge is 2.20. The second-order valence-corrected chi connectivity index (χ2v) is 4.12. The summed E-state index contributed by atoms with van der Waals surface area (Å²) in [6.45, 7) is 2.33. The quantitative estimate of drug-likeness (QED) is 0.489. The summed E-state index contributed by atoms with van der Waals surface area (Å²) in [5.41, 5.74) is 2.37. The van der Waals surface area contributed by atoms with Crippen LogP contribution in [0.5, 0.6) is 0 Å². The highest BCUT2D eigenvalue weighted by Crippen LogP contribution is 2.41. The zero-order valence-electron chi connectivity index (χ0n) is 7.36. The van der Waals surface area contributed by atoms with Crippen LogP contribution in [0.15, 0.2) is 0 Å². The van der Waals surface area contributed by atoms with Crippen LogP contribution >= 0.6 is 7.82 Å². The van der Waals surface area contributed by atoms with Crippen molar-refractivity contribution in [1.29, 1.82) is 0 Å².